The summed E-state index contributed by atoms with van der Waals surface area (Å²) in [6.07, 6.45) is 5.16. The molecule has 0 N–H and O–H groups in total. The van der Waals surface area contributed by atoms with E-state index < -0.39 is 0 Å². The van der Waals surface area contributed by atoms with E-state index in [1.54, 1.807) is 0 Å². The van der Waals surface area contributed by atoms with E-state index in [1.807, 2.05) is 16.6 Å². The summed E-state index contributed by atoms with van der Waals surface area (Å²) in [5, 5.41) is 0. The Balaban J connectivity index is 3.08. The van der Waals surface area contributed by atoms with Gasteiger partial charge in [0.2, 0.25) is 0 Å². The van der Waals surface area contributed by atoms with Crippen LogP contribution in [0.4, 0.5) is 0 Å². The zero-order valence-corrected chi connectivity index (χ0v) is 6.77. The fraction of sp³-hybridized carbons (Fsp3) is 0.200. The van der Waals surface area contributed by atoms with Crippen LogP contribution >= 0.6 is 0 Å². The van der Waals surface area contributed by atoms with Crippen molar-refractivity contribution in [3.63, 3.8) is 0 Å². The first kappa shape index (κ1) is 6.97. The third-order valence-electron chi connectivity index (χ3n) is 0.447. The first-order chi connectivity index (χ1) is 3.41. The Morgan fingerprint density at radius 3 is 2.71 bits per heavy atom. The van der Waals surface area contributed by atoms with Crippen molar-refractivity contribution in [1.29, 1.82) is 0 Å². The fourth-order valence-corrected chi connectivity index (χ4v) is 0.589. The molecule has 0 radical (unpaired) electrons. The van der Waals surface area contributed by atoms with Crippen LogP contribution in [-0.4, -0.2) is 10.7 Å². The van der Waals surface area contributed by atoms with Crippen molar-refractivity contribution in [2.45, 2.75) is 6.42 Å². The molecule has 0 aliphatic heterocycles. The SMILES string of the molecule is O=CC/C=C\[CH]=[W]. The molecule has 7 heavy (non-hydrogen) atoms. The molecule has 0 saturated carbocycles. The molecule has 0 rings (SSSR count). The van der Waals surface area contributed by atoms with Gasteiger partial charge < -0.3 is 0 Å². The minimum atomic E-state index is 0.545. The van der Waals surface area contributed by atoms with Gasteiger partial charge in [-0.1, -0.05) is 0 Å². The predicted molar refractivity (Wildman–Crippen MR) is 25.9 cm³/mol. The zero-order chi connectivity index (χ0) is 5.54. The topological polar surface area (TPSA) is 17.1 Å². The molecule has 0 aromatic rings. The van der Waals surface area contributed by atoms with Crippen molar-refractivity contribution in [3.05, 3.63) is 12.2 Å². The third kappa shape index (κ3) is 5.97. The number of hydrogen-bond acceptors (Lipinski definition) is 1. The fourth-order valence-electron chi connectivity index (χ4n) is 0.190. The van der Waals surface area contributed by atoms with Crippen molar-refractivity contribution >= 4 is 10.7 Å². The van der Waals surface area contributed by atoms with Crippen LogP contribution in [0.3, 0.4) is 0 Å². The molecule has 0 atom stereocenters. The van der Waals surface area contributed by atoms with Gasteiger partial charge in [-0.3, -0.25) is 0 Å². The second-order valence-corrected chi connectivity index (χ2v) is 1.94. The van der Waals surface area contributed by atoms with E-state index in [0.29, 0.717) is 6.42 Å². The monoisotopic (exact) mass is 266 g/mol. The Labute approximate surface area is 53.8 Å². The Hall–Kier alpha value is -0.0317. The summed E-state index contributed by atoms with van der Waals surface area (Å²) in [4.78, 5) is 9.62. The number of aldehydes is 1. The molecule has 0 spiro atoms. The molecule has 2 heteroatoms. The summed E-state index contributed by atoms with van der Waals surface area (Å²) in [6, 6.07) is 0. The molecular formula is C5H6OW. The average Bonchev–Trinajstić information content (AvgIpc) is 1.69. The molecule has 0 heterocycles. The van der Waals surface area contributed by atoms with Gasteiger partial charge in [0.1, 0.15) is 0 Å². The molecule has 0 fully saturated rings. The van der Waals surface area contributed by atoms with Crippen LogP contribution in [0.5, 0.6) is 0 Å². The maximum absolute atomic E-state index is 9.62. The van der Waals surface area contributed by atoms with E-state index in [1.165, 1.54) is 19.4 Å². The normalized spacial score (nSPS) is 9.14. The summed E-state index contributed by atoms with van der Waals surface area (Å²) < 4.78 is 1.98. The van der Waals surface area contributed by atoms with Gasteiger partial charge in [0.25, 0.3) is 0 Å². The number of hydrogen-bond donors (Lipinski definition) is 0. The molecule has 0 aliphatic carbocycles. The second kappa shape index (κ2) is 5.97. The Bertz CT molecular complexity index is 86.1. The third-order valence-corrected chi connectivity index (χ3v) is 1.01. The van der Waals surface area contributed by atoms with Crippen LogP contribution in [-0.2, 0) is 24.1 Å². The molecule has 0 aromatic heterocycles. The molecule has 38 valence electrons. The van der Waals surface area contributed by atoms with Crippen molar-refractivity contribution in [2.24, 2.45) is 0 Å². The van der Waals surface area contributed by atoms with Crippen molar-refractivity contribution < 1.29 is 24.1 Å². The summed E-state index contributed by atoms with van der Waals surface area (Å²) in [6.45, 7) is 0. The maximum atomic E-state index is 9.62. The first-order valence-corrected chi connectivity index (χ1v) is 3.65. The number of rotatable bonds is 3. The van der Waals surface area contributed by atoms with E-state index in [-0.39, 0.29) is 0 Å². The van der Waals surface area contributed by atoms with E-state index in [0.717, 1.165) is 6.29 Å². The molecule has 0 amide bonds. The van der Waals surface area contributed by atoms with Crippen LogP contribution in [0.2, 0.25) is 0 Å². The van der Waals surface area contributed by atoms with Crippen LogP contribution in [0.25, 0.3) is 0 Å². The van der Waals surface area contributed by atoms with Gasteiger partial charge in [0.15, 0.2) is 0 Å². The van der Waals surface area contributed by atoms with Gasteiger partial charge in [-0.15, -0.1) is 0 Å². The van der Waals surface area contributed by atoms with Gasteiger partial charge in [-0.05, 0) is 0 Å². The Kier molecular flexibility index (Phi) is 5.94. The van der Waals surface area contributed by atoms with Crippen LogP contribution in [0, 0.1) is 0 Å². The van der Waals surface area contributed by atoms with E-state index >= 15 is 0 Å². The van der Waals surface area contributed by atoms with Gasteiger partial charge in [0.05, 0.1) is 0 Å². The van der Waals surface area contributed by atoms with Crippen molar-refractivity contribution in [2.75, 3.05) is 0 Å². The second-order valence-electron chi connectivity index (χ2n) is 0.967. The number of carbonyl (C=O) groups excluding carboxylic acids is 1. The van der Waals surface area contributed by atoms with Crippen LogP contribution in [0.15, 0.2) is 12.2 Å². The van der Waals surface area contributed by atoms with Crippen molar-refractivity contribution in [3.8, 4) is 0 Å². The molecule has 0 aromatic carbocycles. The molecule has 0 unspecified atom stereocenters. The number of carbonyl (C=O) groups is 1. The summed E-state index contributed by atoms with van der Waals surface area (Å²) in [5.41, 5.74) is 0. The summed E-state index contributed by atoms with van der Waals surface area (Å²) in [5.74, 6) is 0. The average molecular weight is 266 g/mol. The van der Waals surface area contributed by atoms with Gasteiger partial charge in [-0.25, -0.2) is 0 Å². The first-order valence-electron chi connectivity index (χ1n) is 1.95. The predicted octanol–water partition coefficient (Wildman–Crippen LogP) is 0.481. The standard InChI is InChI=1S/C5H6O.W/c1-2-3-4-5-6;/h1-3,5H,4H2;/b3-2-;. The van der Waals surface area contributed by atoms with Gasteiger partial charge in [0, 0.05) is 0 Å². The Morgan fingerprint density at radius 2 is 2.29 bits per heavy atom. The minimum absolute atomic E-state index is 0.545. The molecule has 0 bridgehead atoms. The van der Waals surface area contributed by atoms with E-state index in [4.69, 9.17) is 0 Å². The molecule has 0 saturated heterocycles. The van der Waals surface area contributed by atoms with E-state index in [2.05, 4.69) is 0 Å². The van der Waals surface area contributed by atoms with Crippen LogP contribution in [0.1, 0.15) is 6.42 Å². The molecular weight excluding hydrogens is 260 g/mol. The molecule has 1 nitrogen and oxygen atoms in total. The quantitative estimate of drug-likeness (QED) is 0.679. The summed E-state index contributed by atoms with van der Waals surface area (Å²) in [7, 11) is 0. The Morgan fingerprint density at radius 1 is 1.57 bits per heavy atom. The molecule has 0 aliphatic rings. The number of allylic oxidation sites excluding steroid dienone is 2. The van der Waals surface area contributed by atoms with E-state index in [9.17, 15) is 4.79 Å². The van der Waals surface area contributed by atoms with Crippen LogP contribution < -0.4 is 0 Å². The van der Waals surface area contributed by atoms with Gasteiger partial charge in [-0.2, -0.15) is 0 Å². The zero-order valence-electron chi connectivity index (χ0n) is 3.83. The van der Waals surface area contributed by atoms with Crippen molar-refractivity contribution in [1.82, 2.24) is 0 Å². The summed E-state index contributed by atoms with van der Waals surface area (Å²) >= 11 is 1.41. The van der Waals surface area contributed by atoms with Gasteiger partial charge >= 0.3 is 53.4 Å².